The maximum Gasteiger partial charge on any atom is 0.193 e. The molecule has 0 aliphatic carbocycles. The monoisotopic (exact) mass is 372 g/mol. The minimum absolute atomic E-state index is 0.732. The Labute approximate surface area is 162 Å². The first-order valence-corrected chi connectivity index (χ1v) is 9.96. The zero-order valence-electron chi connectivity index (χ0n) is 16.4. The van der Waals surface area contributed by atoms with E-state index in [-0.39, 0.29) is 0 Å². The molecule has 2 aliphatic rings. The van der Waals surface area contributed by atoms with Crippen LogP contribution in [-0.4, -0.2) is 81.9 Å². The highest BCUT2D eigenvalue weighted by molar-refractivity contribution is 5.80. The summed E-state index contributed by atoms with van der Waals surface area (Å²) in [7, 11) is 1.87. The third-order valence-electron chi connectivity index (χ3n) is 5.09. The van der Waals surface area contributed by atoms with Crippen molar-refractivity contribution in [3.63, 3.8) is 0 Å². The van der Waals surface area contributed by atoms with Crippen molar-refractivity contribution in [1.29, 1.82) is 0 Å². The predicted molar refractivity (Wildman–Crippen MR) is 109 cm³/mol. The molecule has 0 bridgehead atoms. The van der Waals surface area contributed by atoms with E-state index >= 15 is 0 Å². The van der Waals surface area contributed by atoms with Crippen molar-refractivity contribution in [3.8, 4) is 5.75 Å². The van der Waals surface area contributed by atoms with Crippen molar-refractivity contribution in [1.82, 2.24) is 15.1 Å². The van der Waals surface area contributed by atoms with E-state index in [1.54, 1.807) is 0 Å². The standard InChI is InChI=1S/C21H32N4O2/c1-22-21(23-10-7-19-8-16-26-17-9-19)25-13-11-24(12-14-25)15-18-27-20-5-3-2-4-6-20/h2-6,8H,7,9-18H2,1H3,(H,22,23). The number of aliphatic imine (C=N–C) groups is 1. The number of ether oxygens (including phenoxy) is 2. The fourth-order valence-corrected chi connectivity index (χ4v) is 3.45. The summed E-state index contributed by atoms with van der Waals surface area (Å²) in [4.78, 5) is 9.28. The molecule has 2 aliphatic heterocycles. The van der Waals surface area contributed by atoms with Crippen LogP contribution in [0.25, 0.3) is 0 Å². The van der Waals surface area contributed by atoms with Gasteiger partial charge in [-0.05, 0) is 25.0 Å². The Morgan fingerprint density at radius 1 is 1.19 bits per heavy atom. The quantitative estimate of drug-likeness (QED) is 0.451. The van der Waals surface area contributed by atoms with Crippen LogP contribution in [0.15, 0.2) is 47.0 Å². The van der Waals surface area contributed by atoms with E-state index in [1.807, 2.05) is 37.4 Å². The average Bonchev–Trinajstić information content (AvgIpc) is 2.73. The van der Waals surface area contributed by atoms with Crippen molar-refractivity contribution < 1.29 is 9.47 Å². The summed E-state index contributed by atoms with van der Waals surface area (Å²) < 4.78 is 11.2. The van der Waals surface area contributed by atoms with Crippen LogP contribution in [0.1, 0.15) is 12.8 Å². The molecule has 1 saturated heterocycles. The van der Waals surface area contributed by atoms with E-state index in [1.165, 1.54) is 5.57 Å². The Morgan fingerprint density at radius 3 is 2.70 bits per heavy atom. The number of piperazine rings is 1. The van der Waals surface area contributed by atoms with Gasteiger partial charge in [0.15, 0.2) is 5.96 Å². The molecule has 0 aromatic heterocycles. The van der Waals surface area contributed by atoms with Gasteiger partial charge in [-0.1, -0.05) is 29.8 Å². The summed E-state index contributed by atoms with van der Waals surface area (Å²) in [6.45, 7) is 8.34. The summed E-state index contributed by atoms with van der Waals surface area (Å²) in [5.41, 5.74) is 1.49. The summed E-state index contributed by atoms with van der Waals surface area (Å²) in [6.07, 6.45) is 4.34. The maximum absolute atomic E-state index is 5.81. The molecule has 0 saturated carbocycles. The first-order valence-electron chi connectivity index (χ1n) is 9.96. The van der Waals surface area contributed by atoms with E-state index in [0.717, 1.165) is 83.6 Å². The van der Waals surface area contributed by atoms with Crippen LogP contribution in [0.2, 0.25) is 0 Å². The van der Waals surface area contributed by atoms with Gasteiger partial charge in [0.2, 0.25) is 0 Å². The Bertz CT molecular complexity index is 610. The van der Waals surface area contributed by atoms with Gasteiger partial charge in [0.25, 0.3) is 0 Å². The van der Waals surface area contributed by atoms with Crippen LogP contribution in [0.3, 0.4) is 0 Å². The number of hydrogen-bond donors (Lipinski definition) is 1. The number of rotatable bonds is 7. The Hall–Kier alpha value is -2.05. The molecule has 0 amide bonds. The molecular weight excluding hydrogens is 340 g/mol. The van der Waals surface area contributed by atoms with Gasteiger partial charge in [0.1, 0.15) is 12.4 Å². The molecule has 0 unspecified atom stereocenters. The van der Waals surface area contributed by atoms with Gasteiger partial charge in [-0.15, -0.1) is 0 Å². The van der Waals surface area contributed by atoms with Crippen LogP contribution in [0.4, 0.5) is 0 Å². The average molecular weight is 373 g/mol. The first-order chi connectivity index (χ1) is 13.3. The minimum Gasteiger partial charge on any atom is -0.492 e. The van der Waals surface area contributed by atoms with Gasteiger partial charge in [0.05, 0.1) is 13.2 Å². The van der Waals surface area contributed by atoms with E-state index in [0.29, 0.717) is 0 Å². The molecule has 27 heavy (non-hydrogen) atoms. The molecule has 6 heteroatoms. The SMILES string of the molecule is CN=C(NCCC1=CCOCC1)N1CCN(CCOc2ccccc2)CC1. The molecule has 148 valence electrons. The normalized spacial score (nSPS) is 18.9. The molecule has 1 N–H and O–H groups in total. The molecule has 3 rings (SSSR count). The topological polar surface area (TPSA) is 49.3 Å². The third kappa shape index (κ3) is 6.56. The Kier molecular flexibility index (Phi) is 7.99. The van der Waals surface area contributed by atoms with Crippen LogP contribution in [0, 0.1) is 0 Å². The second kappa shape index (κ2) is 10.9. The second-order valence-corrected chi connectivity index (χ2v) is 6.90. The zero-order valence-corrected chi connectivity index (χ0v) is 16.4. The highest BCUT2D eigenvalue weighted by atomic mass is 16.5. The number of benzene rings is 1. The largest absolute Gasteiger partial charge is 0.492 e. The maximum atomic E-state index is 5.81. The van der Waals surface area contributed by atoms with Gasteiger partial charge < -0.3 is 19.7 Å². The zero-order chi connectivity index (χ0) is 18.7. The van der Waals surface area contributed by atoms with Crippen molar-refractivity contribution >= 4 is 5.96 Å². The highest BCUT2D eigenvalue weighted by Crippen LogP contribution is 2.11. The molecule has 0 radical (unpaired) electrons. The Morgan fingerprint density at radius 2 is 2.00 bits per heavy atom. The van der Waals surface area contributed by atoms with E-state index < -0.39 is 0 Å². The van der Waals surface area contributed by atoms with Crippen LogP contribution in [0.5, 0.6) is 5.75 Å². The van der Waals surface area contributed by atoms with Crippen LogP contribution in [-0.2, 0) is 4.74 Å². The van der Waals surface area contributed by atoms with Crippen molar-refractivity contribution in [2.24, 2.45) is 4.99 Å². The number of nitrogens with zero attached hydrogens (tertiary/aromatic N) is 3. The summed E-state index contributed by atoms with van der Waals surface area (Å²) in [5.74, 6) is 1.96. The lowest BCUT2D eigenvalue weighted by molar-refractivity contribution is 0.151. The third-order valence-corrected chi connectivity index (χ3v) is 5.09. The highest BCUT2D eigenvalue weighted by Gasteiger charge is 2.19. The first kappa shape index (κ1) is 19.7. The Balaban J connectivity index is 1.32. The van der Waals surface area contributed by atoms with Crippen molar-refractivity contribution in [2.75, 3.05) is 66.1 Å². The van der Waals surface area contributed by atoms with E-state index in [4.69, 9.17) is 9.47 Å². The molecule has 0 spiro atoms. The number of para-hydroxylation sites is 1. The molecular formula is C21H32N4O2. The lowest BCUT2D eigenvalue weighted by Crippen LogP contribution is -2.53. The summed E-state index contributed by atoms with van der Waals surface area (Å²) >= 11 is 0. The van der Waals surface area contributed by atoms with E-state index in [2.05, 4.69) is 26.2 Å². The van der Waals surface area contributed by atoms with Crippen LogP contribution >= 0.6 is 0 Å². The molecule has 1 aromatic carbocycles. The smallest absolute Gasteiger partial charge is 0.193 e. The molecule has 1 fully saturated rings. The van der Waals surface area contributed by atoms with Gasteiger partial charge in [0, 0.05) is 46.3 Å². The van der Waals surface area contributed by atoms with Gasteiger partial charge >= 0.3 is 0 Å². The lowest BCUT2D eigenvalue weighted by Gasteiger charge is -2.36. The molecule has 6 nitrogen and oxygen atoms in total. The fraction of sp³-hybridized carbons (Fsp3) is 0.571. The minimum atomic E-state index is 0.732. The summed E-state index contributed by atoms with van der Waals surface area (Å²) in [5, 5.41) is 3.52. The van der Waals surface area contributed by atoms with Crippen LogP contribution < -0.4 is 10.1 Å². The number of nitrogens with one attached hydrogen (secondary N) is 1. The van der Waals surface area contributed by atoms with Gasteiger partial charge in [-0.25, -0.2) is 0 Å². The van der Waals surface area contributed by atoms with Crippen molar-refractivity contribution in [2.45, 2.75) is 12.8 Å². The lowest BCUT2D eigenvalue weighted by atomic mass is 10.1. The fourth-order valence-electron chi connectivity index (χ4n) is 3.45. The number of guanidine groups is 1. The molecule has 2 heterocycles. The molecule has 0 atom stereocenters. The van der Waals surface area contributed by atoms with Crippen molar-refractivity contribution in [3.05, 3.63) is 42.0 Å². The predicted octanol–water partition coefficient (Wildman–Crippen LogP) is 2.00. The van der Waals surface area contributed by atoms with Gasteiger partial charge in [-0.2, -0.15) is 0 Å². The number of hydrogen-bond acceptors (Lipinski definition) is 4. The summed E-state index contributed by atoms with van der Waals surface area (Å²) in [6, 6.07) is 10.0. The second-order valence-electron chi connectivity index (χ2n) is 6.90. The van der Waals surface area contributed by atoms with E-state index in [9.17, 15) is 0 Å². The van der Waals surface area contributed by atoms with Gasteiger partial charge in [-0.3, -0.25) is 9.89 Å². The molecule has 1 aromatic rings.